The zero-order valence-corrected chi connectivity index (χ0v) is 13.8. The Hall–Kier alpha value is -0.900. The molecule has 0 amide bonds. The summed E-state index contributed by atoms with van der Waals surface area (Å²) in [6.45, 7) is 10.8. The first-order valence-electron chi connectivity index (χ1n) is 7.94. The van der Waals surface area contributed by atoms with Crippen LogP contribution in [0.15, 0.2) is 24.3 Å². The van der Waals surface area contributed by atoms with E-state index in [1.54, 1.807) is 0 Å². The molecule has 1 saturated heterocycles. The van der Waals surface area contributed by atoms with Gasteiger partial charge in [-0.1, -0.05) is 45.0 Å². The fourth-order valence-electron chi connectivity index (χ4n) is 2.66. The number of hydrogen-bond acceptors (Lipinski definition) is 3. The van der Waals surface area contributed by atoms with E-state index in [0.717, 1.165) is 12.8 Å². The maximum Gasteiger partial charge on any atom is 0.0815 e. The van der Waals surface area contributed by atoms with E-state index in [4.69, 9.17) is 4.74 Å². The molecule has 0 aromatic heterocycles. The van der Waals surface area contributed by atoms with Gasteiger partial charge < -0.3 is 15.2 Å². The van der Waals surface area contributed by atoms with Crippen molar-refractivity contribution in [1.29, 1.82) is 0 Å². The quantitative estimate of drug-likeness (QED) is 0.895. The van der Waals surface area contributed by atoms with Gasteiger partial charge in [0.15, 0.2) is 0 Å². The van der Waals surface area contributed by atoms with Crippen LogP contribution in [0, 0.1) is 0 Å². The molecule has 118 valence electrons. The average Bonchev–Trinajstić information content (AvgIpc) is 2.45. The molecule has 1 fully saturated rings. The highest BCUT2D eigenvalue weighted by atomic mass is 16.5. The zero-order valence-electron chi connectivity index (χ0n) is 13.8. The third-order valence-electron chi connectivity index (χ3n) is 4.44. The van der Waals surface area contributed by atoms with E-state index in [-0.39, 0.29) is 11.5 Å². The Labute approximate surface area is 128 Å². The Bertz CT molecular complexity index is 441. The van der Waals surface area contributed by atoms with Gasteiger partial charge in [0, 0.05) is 38.6 Å². The van der Waals surface area contributed by atoms with Gasteiger partial charge in [-0.2, -0.15) is 0 Å². The van der Waals surface area contributed by atoms with Crippen molar-refractivity contribution in [3.63, 3.8) is 0 Å². The smallest absolute Gasteiger partial charge is 0.0815 e. The summed E-state index contributed by atoms with van der Waals surface area (Å²) in [7, 11) is 0. The normalized spacial score (nSPS) is 20.2. The van der Waals surface area contributed by atoms with Crippen LogP contribution in [0.25, 0.3) is 0 Å². The summed E-state index contributed by atoms with van der Waals surface area (Å²) in [5, 5.41) is 13.9. The molecule has 1 heterocycles. The molecule has 2 rings (SSSR count). The van der Waals surface area contributed by atoms with E-state index >= 15 is 0 Å². The van der Waals surface area contributed by atoms with E-state index in [1.165, 1.54) is 11.1 Å². The number of hydrogen-bond donors (Lipinski definition) is 2. The van der Waals surface area contributed by atoms with Crippen LogP contribution in [0.3, 0.4) is 0 Å². The molecule has 0 radical (unpaired) electrons. The number of ether oxygens (including phenoxy) is 1. The van der Waals surface area contributed by atoms with Gasteiger partial charge in [0.25, 0.3) is 0 Å². The molecular weight excluding hydrogens is 262 g/mol. The first kappa shape index (κ1) is 16.5. The summed E-state index contributed by atoms with van der Waals surface area (Å²) in [6, 6.07) is 9.03. The topological polar surface area (TPSA) is 41.5 Å². The molecule has 3 nitrogen and oxygen atoms in total. The first-order chi connectivity index (χ1) is 9.80. The predicted molar refractivity (Wildman–Crippen MR) is 86.6 cm³/mol. The SMILES string of the molecule is CC(NCC1(O)CCOCC1)c1ccc(C(C)(C)C)cc1. The molecule has 0 spiro atoms. The first-order valence-corrected chi connectivity index (χ1v) is 7.94. The van der Waals surface area contributed by atoms with Gasteiger partial charge in [0.2, 0.25) is 0 Å². The van der Waals surface area contributed by atoms with Crippen molar-refractivity contribution in [3.8, 4) is 0 Å². The second-order valence-electron chi connectivity index (χ2n) is 7.31. The molecule has 0 saturated carbocycles. The maximum absolute atomic E-state index is 10.5. The molecule has 1 aromatic rings. The van der Waals surface area contributed by atoms with E-state index in [9.17, 15) is 5.11 Å². The lowest BCUT2D eigenvalue weighted by Crippen LogP contribution is -2.45. The molecular formula is C18H29NO2. The molecule has 1 aromatic carbocycles. The van der Waals surface area contributed by atoms with Crippen molar-refractivity contribution in [2.24, 2.45) is 0 Å². The summed E-state index contributed by atoms with van der Waals surface area (Å²) >= 11 is 0. The molecule has 3 heteroatoms. The zero-order chi connectivity index (χ0) is 15.5. The van der Waals surface area contributed by atoms with Crippen LogP contribution < -0.4 is 5.32 Å². The van der Waals surface area contributed by atoms with Crippen LogP contribution >= 0.6 is 0 Å². The second-order valence-corrected chi connectivity index (χ2v) is 7.31. The van der Waals surface area contributed by atoms with Gasteiger partial charge >= 0.3 is 0 Å². The van der Waals surface area contributed by atoms with Crippen molar-refractivity contribution in [2.45, 2.75) is 57.6 Å². The highest BCUT2D eigenvalue weighted by molar-refractivity contribution is 5.29. The molecule has 1 aliphatic heterocycles. The van der Waals surface area contributed by atoms with Crippen molar-refractivity contribution in [2.75, 3.05) is 19.8 Å². The minimum absolute atomic E-state index is 0.187. The molecule has 0 aliphatic carbocycles. The van der Waals surface area contributed by atoms with E-state index < -0.39 is 5.60 Å². The summed E-state index contributed by atoms with van der Waals surface area (Å²) in [4.78, 5) is 0. The Morgan fingerprint density at radius 3 is 2.29 bits per heavy atom. The molecule has 1 atom stereocenters. The number of nitrogens with one attached hydrogen (secondary N) is 1. The number of rotatable bonds is 4. The van der Waals surface area contributed by atoms with E-state index in [2.05, 4.69) is 57.3 Å². The third-order valence-corrected chi connectivity index (χ3v) is 4.44. The van der Waals surface area contributed by atoms with Gasteiger partial charge in [0.1, 0.15) is 0 Å². The van der Waals surface area contributed by atoms with Crippen LogP contribution in [-0.4, -0.2) is 30.5 Å². The lowest BCUT2D eigenvalue weighted by atomic mass is 9.86. The van der Waals surface area contributed by atoms with Gasteiger partial charge in [-0.05, 0) is 23.5 Å². The predicted octanol–water partition coefficient (Wildman–Crippen LogP) is 3.18. The van der Waals surface area contributed by atoms with Crippen LogP contribution in [0.5, 0.6) is 0 Å². The second kappa shape index (κ2) is 6.47. The summed E-state index contributed by atoms with van der Waals surface area (Å²) in [6.07, 6.45) is 1.44. The van der Waals surface area contributed by atoms with Crippen molar-refractivity contribution >= 4 is 0 Å². The summed E-state index contributed by atoms with van der Waals surface area (Å²) in [5.41, 5.74) is 2.18. The molecule has 0 bridgehead atoms. The summed E-state index contributed by atoms with van der Waals surface area (Å²) in [5.74, 6) is 0. The summed E-state index contributed by atoms with van der Waals surface area (Å²) < 4.78 is 5.31. The lowest BCUT2D eigenvalue weighted by Gasteiger charge is -2.33. The Kier molecular flexibility index (Phi) is 5.07. The minimum atomic E-state index is -0.613. The van der Waals surface area contributed by atoms with Crippen molar-refractivity contribution in [1.82, 2.24) is 5.32 Å². The van der Waals surface area contributed by atoms with Gasteiger partial charge in [-0.15, -0.1) is 0 Å². The van der Waals surface area contributed by atoms with Crippen LogP contribution in [0.4, 0.5) is 0 Å². The Morgan fingerprint density at radius 2 is 1.76 bits per heavy atom. The van der Waals surface area contributed by atoms with E-state index in [0.29, 0.717) is 19.8 Å². The molecule has 1 aliphatic rings. The average molecular weight is 291 g/mol. The highest BCUT2D eigenvalue weighted by Gasteiger charge is 2.29. The largest absolute Gasteiger partial charge is 0.388 e. The molecule has 21 heavy (non-hydrogen) atoms. The van der Waals surface area contributed by atoms with Crippen molar-refractivity contribution in [3.05, 3.63) is 35.4 Å². The fraction of sp³-hybridized carbons (Fsp3) is 0.667. The standard InChI is InChI=1S/C18H29NO2/c1-14(19-13-18(20)9-11-21-12-10-18)15-5-7-16(8-6-15)17(2,3)4/h5-8,14,19-20H,9-13H2,1-4H3. The third kappa shape index (κ3) is 4.53. The fourth-order valence-corrected chi connectivity index (χ4v) is 2.66. The van der Waals surface area contributed by atoms with E-state index in [1.807, 2.05) is 0 Å². The maximum atomic E-state index is 10.5. The van der Waals surface area contributed by atoms with Gasteiger partial charge in [-0.3, -0.25) is 0 Å². The van der Waals surface area contributed by atoms with Crippen LogP contribution in [0.1, 0.15) is 57.7 Å². The Morgan fingerprint density at radius 1 is 1.19 bits per heavy atom. The molecule has 1 unspecified atom stereocenters. The highest BCUT2D eigenvalue weighted by Crippen LogP contribution is 2.25. The molecule has 2 N–H and O–H groups in total. The van der Waals surface area contributed by atoms with Crippen LogP contribution in [-0.2, 0) is 10.2 Å². The minimum Gasteiger partial charge on any atom is -0.388 e. The Balaban J connectivity index is 1.92. The number of aliphatic hydroxyl groups is 1. The van der Waals surface area contributed by atoms with Crippen LogP contribution in [0.2, 0.25) is 0 Å². The lowest BCUT2D eigenvalue weighted by molar-refractivity contribution is -0.0626. The number of benzene rings is 1. The van der Waals surface area contributed by atoms with Gasteiger partial charge in [-0.25, -0.2) is 0 Å². The monoisotopic (exact) mass is 291 g/mol. The van der Waals surface area contributed by atoms with Gasteiger partial charge in [0.05, 0.1) is 5.60 Å². The van der Waals surface area contributed by atoms with Crippen molar-refractivity contribution < 1.29 is 9.84 Å².